The number of terminal acetylenes is 1. The molecule has 17 heavy (non-hydrogen) atoms. The molecule has 1 aromatic rings. The highest BCUT2D eigenvalue weighted by molar-refractivity contribution is 7.09. The zero-order valence-electron chi connectivity index (χ0n) is 10.9. The first-order chi connectivity index (χ1) is 8.40. The third-order valence-corrected chi connectivity index (χ3v) is 3.52. The van der Waals surface area contributed by atoms with E-state index in [0.29, 0.717) is 0 Å². The van der Waals surface area contributed by atoms with Gasteiger partial charge in [-0.05, 0) is 26.4 Å². The molecule has 0 atom stereocenters. The first kappa shape index (κ1) is 16.1. The van der Waals surface area contributed by atoms with Gasteiger partial charge in [-0.15, -0.1) is 24.2 Å². The average Bonchev–Trinajstić information content (AvgIpc) is 2.77. The minimum Gasteiger partial charge on any atom is -0.333 e. The molecular weight excluding hydrogens is 230 g/mol. The molecule has 0 fully saturated rings. The van der Waals surface area contributed by atoms with Crippen LogP contribution < -0.4 is 5.73 Å². The van der Waals surface area contributed by atoms with Gasteiger partial charge in [-0.1, -0.05) is 6.92 Å². The fraction of sp³-hybridized carbons (Fsp3) is 0.615. The van der Waals surface area contributed by atoms with E-state index >= 15 is 0 Å². The summed E-state index contributed by atoms with van der Waals surface area (Å²) in [4.78, 5) is 8.47. The molecule has 0 aromatic carbocycles. The van der Waals surface area contributed by atoms with Crippen LogP contribution in [0.4, 0.5) is 0 Å². The number of hydrogen-bond acceptors (Lipinski definition) is 4. The highest BCUT2D eigenvalue weighted by atomic mass is 32.1. The van der Waals surface area contributed by atoms with E-state index in [0.717, 1.165) is 6.42 Å². The lowest BCUT2D eigenvalue weighted by Crippen LogP contribution is -2.27. The van der Waals surface area contributed by atoms with Gasteiger partial charge in [0.15, 0.2) is 0 Å². The second-order valence-corrected chi connectivity index (χ2v) is 4.50. The van der Waals surface area contributed by atoms with Crippen molar-refractivity contribution in [1.82, 2.24) is 9.88 Å². The molecule has 0 saturated heterocycles. The topological polar surface area (TPSA) is 42.2 Å². The van der Waals surface area contributed by atoms with E-state index < -0.39 is 0 Å². The van der Waals surface area contributed by atoms with Gasteiger partial charge in [0.2, 0.25) is 0 Å². The molecule has 1 aromatic heterocycles. The molecule has 4 heteroatoms. The highest BCUT2D eigenvalue weighted by Gasteiger charge is 2.14. The summed E-state index contributed by atoms with van der Waals surface area (Å²) in [5.41, 5.74) is 7.84. The van der Waals surface area contributed by atoms with Crippen molar-refractivity contribution in [3.8, 4) is 12.8 Å². The standard InChI is InChI=1S/C10H16N2S.C2H2.CH5N/c1-2-5-12-6-3-9-10(4-7-12)13-8-11-9;2*1-2/h8H,2-7H2,1H3;1-2H;2H2,1H3. The second kappa shape index (κ2) is 10.3. The van der Waals surface area contributed by atoms with E-state index in [1.807, 2.05) is 16.8 Å². The Morgan fingerprint density at radius 1 is 1.35 bits per heavy atom. The number of fused-ring (bicyclic) bond motifs is 1. The van der Waals surface area contributed by atoms with Crippen LogP contribution in [0.25, 0.3) is 0 Å². The summed E-state index contributed by atoms with van der Waals surface area (Å²) in [6.45, 7) is 5.92. The SMILES string of the molecule is C#C.CCCN1CCc2ncsc2CC1.CN. The van der Waals surface area contributed by atoms with Crippen molar-refractivity contribution in [3.05, 3.63) is 16.1 Å². The third kappa shape index (κ3) is 5.31. The van der Waals surface area contributed by atoms with Crippen LogP contribution in [0.3, 0.4) is 0 Å². The molecule has 2 rings (SSSR count). The fourth-order valence-corrected chi connectivity index (χ4v) is 2.68. The van der Waals surface area contributed by atoms with Gasteiger partial charge in [0.1, 0.15) is 0 Å². The van der Waals surface area contributed by atoms with Crippen molar-refractivity contribution >= 4 is 11.3 Å². The molecule has 1 aliphatic rings. The molecule has 1 aliphatic heterocycles. The van der Waals surface area contributed by atoms with Gasteiger partial charge in [-0.2, -0.15) is 0 Å². The number of nitrogens with two attached hydrogens (primary N) is 1. The second-order valence-electron chi connectivity index (χ2n) is 3.56. The summed E-state index contributed by atoms with van der Waals surface area (Å²) < 4.78 is 0. The van der Waals surface area contributed by atoms with Gasteiger partial charge in [0.25, 0.3) is 0 Å². The quantitative estimate of drug-likeness (QED) is 0.817. The van der Waals surface area contributed by atoms with Crippen molar-refractivity contribution in [3.63, 3.8) is 0 Å². The van der Waals surface area contributed by atoms with Crippen molar-refractivity contribution in [2.75, 3.05) is 26.7 Å². The first-order valence-electron chi connectivity index (χ1n) is 5.95. The lowest BCUT2D eigenvalue weighted by molar-refractivity contribution is 0.288. The summed E-state index contributed by atoms with van der Waals surface area (Å²) >= 11 is 1.82. The highest BCUT2D eigenvalue weighted by Crippen LogP contribution is 2.18. The Balaban J connectivity index is 0.000000581. The maximum absolute atomic E-state index is 4.50. The largest absolute Gasteiger partial charge is 0.333 e. The fourth-order valence-electron chi connectivity index (χ4n) is 1.88. The predicted molar refractivity (Wildman–Crippen MR) is 76.3 cm³/mol. The molecule has 0 bridgehead atoms. The van der Waals surface area contributed by atoms with Gasteiger partial charge in [0.05, 0.1) is 11.2 Å². The van der Waals surface area contributed by atoms with Gasteiger partial charge in [-0.3, -0.25) is 0 Å². The van der Waals surface area contributed by atoms with Crippen LogP contribution >= 0.6 is 11.3 Å². The van der Waals surface area contributed by atoms with Crippen LogP contribution in [-0.2, 0) is 12.8 Å². The van der Waals surface area contributed by atoms with Crippen LogP contribution in [0.1, 0.15) is 23.9 Å². The Hall–Kier alpha value is -0.890. The zero-order valence-corrected chi connectivity index (χ0v) is 11.7. The number of thiazole rings is 1. The van der Waals surface area contributed by atoms with Crippen LogP contribution in [0.2, 0.25) is 0 Å². The average molecular weight is 253 g/mol. The lowest BCUT2D eigenvalue weighted by atomic mass is 10.2. The normalized spacial score (nSPS) is 14.4. The molecule has 0 aliphatic carbocycles. The Bertz CT molecular complexity index is 284. The summed E-state index contributed by atoms with van der Waals surface area (Å²) in [6, 6.07) is 0. The summed E-state index contributed by atoms with van der Waals surface area (Å²) in [5, 5.41) is 0. The minimum absolute atomic E-state index is 1.15. The smallest absolute Gasteiger partial charge is 0.0797 e. The van der Waals surface area contributed by atoms with E-state index in [4.69, 9.17) is 0 Å². The van der Waals surface area contributed by atoms with Crippen molar-refractivity contribution < 1.29 is 0 Å². The number of hydrogen-bond donors (Lipinski definition) is 1. The van der Waals surface area contributed by atoms with E-state index in [2.05, 4.69) is 35.4 Å². The zero-order chi connectivity index (χ0) is 13.1. The van der Waals surface area contributed by atoms with Crippen LogP contribution in [-0.4, -0.2) is 36.6 Å². The van der Waals surface area contributed by atoms with Crippen LogP contribution in [0.15, 0.2) is 5.51 Å². The Kier molecular flexibility index (Phi) is 9.74. The monoisotopic (exact) mass is 253 g/mol. The van der Waals surface area contributed by atoms with Crippen molar-refractivity contribution in [2.24, 2.45) is 5.73 Å². The van der Waals surface area contributed by atoms with Crippen molar-refractivity contribution in [1.29, 1.82) is 0 Å². The molecule has 3 nitrogen and oxygen atoms in total. The molecule has 2 N–H and O–H groups in total. The Morgan fingerprint density at radius 3 is 2.65 bits per heavy atom. The Labute approximate surface area is 109 Å². The van der Waals surface area contributed by atoms with E-state index in [-0.39, 0.29) is 0 Å². The van der Waals surface area contributed by atoms with Gasteiger partial charge in [-0.25, -0.2) is 4.98 Å². The molecule has 2 heterocycles. The van der Waals surface area contributed by atoms with Gasteiger partial charge < -0.3 is 10.6 Å². The number of aromatic nitrogens is 1. The Morgan fingerprint density at radius 2 is 2.00 bits per heavy atom. The minimum atomic E-state index is 1.15. The summed E-state index contributed by atoms with van der Waals surface area (Å²) in [6.07, 6.45) is 11.6. The first-order valence-corrected chi connectivity index (χ1v) is 6.82. The van der Waals surface area contributed by atoms with Gasteiger partial charge >= 0.3 is 0 Å². The van der Waals surface area contributed by atoms with Gasteiger partial charge in [0, 0.05) is 24.4 Å². The molecular formula is C13H23N3S. The molecule has 96 valence electrons. The predicted octanol–water partition coefficient (Wildman–Crippen LogP) is 1.78. The molecule has 0 radical (unpaired) electrons. The molecule has 0 spiro atoms. The summed E-state index contributed by atoms with van der Waals surface area (Å²) in [5.74, 6) is 0. The lowest BCUT2D eigenvalue weighted by Gasteiger charge is -2.17. The van der Waals surface area contributed by atoms with Crippen LogP contribution in [0, 0.1) is 12.8 Å². The van der Waals surface area contributed by atoms with Crippen molar-refractivity contribution in [2.45, 2.75) is 26.2 Å². The molecule has 0 saturated carbocycles. The van der Waals surface area contributed by atoms with E-state index in [9.17, 15) is 0 Å². The molecule has 0 unspecified atom stereocenters. The third-order valence-electron chi connectivity index (χ3n) is 2.59. The molecule has 0 amide bonds. The summed E-state index contributed by atoms with van der Waals surface area (Å²) in [7, 11) is 1.50. The van der Waals surface area contributed by atoms with E-state index in [1.165, 1.54) is 50.1 Å². The van der Waals surface area contributed by atoms with Crippen LogP contribution in [0.5, 0.6) is 0 Å². The maximum Gasteiger partial charge on any atom is 0.0797 e. The number of nitrogens with zero attached hydrogens (tertiary/aromatic N) is 2. The number of rotatable bonds is 2. The van der Waals surface area contributed by atoms with E-state index in [1.54, 1.807) is 0 Å². The maximum atomic E-state index is 4.50.